The van der Waals surface area contributed by atoms with Gasteiger partial charge in [-0.05, 0) is 31.0 Å². The van der Waals surface area contributed by atoms with Crippen LogP contribution in [-0.4, -0.2) is 12.5 Å². The lowest BCUT2D eigenvalue weighted by Crippen LogP contribution is -1.78. The van der Waals surface area contributed by atoms with Gasteiger partial charge in [0, 0.05) is 12.4 Å². The van der Waals surface area contributed by atoms with Gasteiger partial charge in [-0.3, -0.25) is 17.9 Å². The smallest absolute Gasteiger partial charge is 0.264 e. The van der Waals surface area contributed by atoms with Crippen molar-refractivity contribution in [1.29, 1.82) is 0 Å². The van der Waals surface area contributed by atoms with Crippen molar-refractivity contribution in [1.82, 2.24) is 4.98 Å². The number of hydrogen-bond donors (Lipinski definition) is 0. The van der Waals surface area contributed by atoms with Crippen molar-refractivity contribution in [3.8, 4) is 0 Å². The predicted octanol–water partition coefficient (Wildman–Crippen LogP) is 2.58. The van der Waals surface area contributed by atoms with Crippen molar-refractivity contribution in [2.24, 2.45) is 0 Å². The first-order chi connectivity index (χ1) is 5.54. The van der Waals surface area contributed by atoms with Crippen LogP contribution in [0.1, 0.15) is 11.1 Å². The fraction of sp³-hybridized carbons (Fsp3) is 0.286. The Kier molecular flexibility index (Phi) is 5.16. The van der Waals surface area contributed by atoms with Gasteiger partial charge in [0.15, 0.2) is 0 Å². The predicted molar refractivity (Wildman–Crippen MR) is 42.8 cm³/mol. The van der Waals surface area contributed by atoms with Crippen molar-refractivity contribution in [2.45, 2.75) is 13.8 Å². The van der Waals surface area contributed by atoms with Gasteiger partial charge in [0.05, 0.1) is 0 Å². The third-order valence-electron chi connectivity index (χ3n) is 1.30. The number of halogens is 3. The normalized spacial score (nSPS) is 8.42. The van der Waals surface area contributed by atoms with Gasteiger partial charge >= 0.3 is 7.54 Å². The lowest BCUT2D eigenvalue weighted by atomic mass is 10.2. The van der Waals surface area contributed by atoms with Crippen LogP contribution >= 0.6 is 0 Å². The monoisotopic (exact) mass is 175 g/mol. The van der Waals surface area contributed by atoms with Gasteiger partial charge in [-0.25, -0.2) is 0 Å². The molecule has 0 saturated carbocycles. The summed E-state index contributed by atoms with van der Waals surface area (Å²) in [6, 6.07) is 2.01. The molecule has 0 radical (unpaired) electrons. The second kappa shape index (κ2) is 5.63. The summed E-state index contributed by atoms with van der Waals surface area (Å²) < 4.78 is 29.0. The van der Waals surface area contributed by atoms with E-state index in [-0.39, 0.29) is 0 Å². The largest absolute Gasteiger partial charge is 0.762 e. The Hall–Kier alpha value is -0.995. The van der Waals surface area contributed by atoms with Crippen LogP contribution in [0.2, 0.25) is 0 Å². The first-order valence-corrected chi connectivity index (χ1v) is 3.33. The van der Waals surface area contributed by atoms with E-state index < -0.39 is 7.54 Å². The van der Waals surface area contributed by atoms with Gasteiger partial charge in [0.25, 0.3) is 0 Å². The first kappa shape index (κ1) is 11.0. The Morgan fingerprint density at radius 3 is 1.92 bits per heavy atom. The highest BCUT2D eigenvalue weighted by atomic mass is 19.4. The van der Waals surface area contributed by atoms with Crippen molar-refractivity contribution in [2.75, 3.05) is 0 Å². The van der Waals surface area contributed by atoms with Crippen molar-refractivity contribution in [3.05, 3.63) is 29.6 Å². The van der Waals surface area contributed by atoms with Crippen LogP contribution in [0.15, 0.2) is 18.5 Å². The summed E-state index contributed by atoms with van der Waals surface area (Å²) in [5.41, 5.74) is 2.56. The van der Waals surface area contributed by atoms with E-state index in [0.29, 0.717) is 0 Å². The zero-order valence-electron chi connectivity index (χ0n) is 6.89. The molecule has 0 unspecified atom stereocenters. The maximum Gasteiger partial charge on any atom is 0.762 e. The molecule has 0 saturated heterocycles. The Morgan fingerprint density at radius 2 is 1.67 bits per heavy atom. The fourth-order valence-electron chi connectivity index (χ4n) is 0.543. The molecule has 0 aliphatic rings. The summed E-state index contributed by atoms with van der Waals surface area (Å²) in [6.45, 7) is 4.14. The van der Waals surface area contributed by atoms with Crippen LogP contribution in [0, 0.1) is 13.8 Å². The molecular weight excluding hydrogens is 166 g/mol. The maximum absolute atomic E-state index is 9.67. The molecule has 1 aromatic heterocycles. The quantitative estimate of drug-likeness (QED) is 0.552. The maximum atomic E-state index is 9.67. The molecular formula is C7H9BF3N. The zero-order chi connectivity index (χ0) is 9.56. The Bertz CT molecular complexity index is 206. The van der Waals surface area contributed by atoms with E-state index in [0.717, 1.165) is 0 Å². The molecule has 0 aliphatic carbocycles. The van der Waals surface area contributed by atoms with E-state index in [1.165, 1.54) is 11.1 Å². The van der Waals surface area contributed by atoms with E-state index in [1.54, 1.807) is 0 Å². The Morgan fingerprint density at radius 1 is 1.17 bits per heavy atom. The molecule has 0 N–H and O–H groups in total. The highest BCUT2D eigenvalue weighted by molar-refractivity contribution is 6.33. The fourth-order valence-corrected chi connectivity index (χ4v) is 0.543. The van der Waals surface area contributed by atoms with Gasteiger partial charge in [0.2, 0.25) is 0 Å². The summed E-state index contributed by atoms with van der Waals surface area (Å²) in [5.74, 6) is 0. The molecule has 0 fully saturated rings. The van der Waals surface area contributed by atoms with Crippen LogP contribution in [0.4, 0.5) is 12.9 Å². The van der Waals surface area contributed by atoms with Gasteiger partial charge in [0.1, 0.15) is 0 Å². The first-order valence-electron chi connectivity index (χ1n) is 3.33. The van der Waals surface area contributed by atoms with Crippen LogP contribution in [0.5, 0.6) is 0 Å². The number of pyridine rings is 1. The molecule has 5 heteroatoms. The Labute approximate surface area is 69.9 Å². The van der Waals surface area contributed by atoms with Crippen LogP contribution < -0.4 is 0 Å². The second-order valence-corrected chi connectivity index (χ2v) is 2.21. The average Bonchev–Trinajstić information content (AvgIpc) is 1.94. The minimum atomic E-state index is -3.67. The van der Waals surface area contributed by atoms with Gasteiger partial charge in [-0.1, -0.05) is 0 Å². The number of nitrogens with zero attached hydrogens (tertiary/aromatic N) is 1. The average molecular weight is 175 g/mol. The van der Waals surface area contributed by atoms with Crippen LogP contribution in [0.25, 0.3) is 0 Å². The second-order valence-electron chi connectivity index (χ2n) is 2.21. The molecule has 12 heavy (non-hydrogen) atoms. The molecule has 1 heterocycles. The summed E-state index contributed by atoms with van der Waals surface area (Å²) in [6.07, 6.45) is 3.68. The molecule has 1 rings (SSSR count). The number of rotatable bonds is 0. The molecule has 1 nitrogen and oxygen atoms in total. The zero-order valence-corrected chi connectivity index (χ0v) is 6.89. The summed E-state index contributed by atoms with van der Waals surface area (Å²) in [7, 11) is -3.67. The molecule has 0 aliphatic heterocycles. The minimum absolute atomic E-state index is 1.26. The molecule has 0 bridgehead atoms. The van der Waals surface area contributed by atoms with Crippen molar-refractivity contribution >= 4 is 7.54 Å². The third-order valence-corrected chi connectivity index (χ3v) is 1.30. The van der Waals surface area contributed by atoms with E-state index in [2.05, 4.69) is 18.8 Å². The van der Waals surface area contributed by atoms with Crippen LogP contribution in [0.3, 0.4) is 0 Å². The minimum Gasteiger partial charge on any atom is -0.264 e. The highest BCUT2D eigenvalue weighted by Crippen LogP contribution is 2.00. The number of hydrogen-bond acceptors (Lipinski definition) is 1. The lowest BCUT2D eigenvalue weighted by Gasteiger charge is -1.92. The topological polar surface area (TPSA) is 12.9 Å². The van der Waals surface area contributed by atoms with E-state index in [4.69, 9.17) is 0 Å². The molecule has 66 valence electrons. The molecule has 0 aromatic carbocycles. The van der Waals surface area contributed by atoms with Crippen molar-refractivity contribution in [3.63, 3.8) is 0 Å². The third kappa shape index (κ3) is 5.76. The number of aromatic nitrogens is 1. The highest BCUT2D eigenvalue weighted by Gasteiger charge is 2.06. The summed E-state index contributed by atoms with van der Waals surface area (Å²) in [4.78, 5) is 3.95. The van der Waals surface area contributed by atoms with E-state index in [9.17, 15) is 12.9 Å². The molecule has 0 spiro atoms. The summed E-state index contributed by atoms with van der Waals surface area (Å²) >= 11 is 0. The summed E-state index contributed by atoms with van der Waals surface area (Å²) in [5, 5.41) is 0. The van der Waals surface area contributed by atoms with Crippen molar-refractivity contribution < 1.29 is 12.9 Å². The van der Waals surface area contributed by atoms with E-state index >= 15 is 0 Å². The Balaban J connectivity index is 0.000000261. The van der Waals surface area contributed by atoms with Gasteiger partial charge in [-0.2, -0.15) is 0 Å². The standard InChI is InChI=1S/C7H9N.BF3/c1-6-3-4-8-5-7(6)2;2-1(3)4/h3-5H,1-2H3;. The lowest BCUT2D eigenvalue weighted by molar-refractivity contribution is 0.535. The SMILES string of the molecule is Cc1ccncc1C.FB(F)F. The molecule has 0 amide bonds. The number of aryl methyl sites for hydroxylation is 2. The van der Waals surface area contributed by atoms with Gasteiger partial charge < -0.3 is 0 Å². The molecule has 1 aromatic rings. The van der Waals surface area contributed by atoms with Gasteiger partial charge in [-0.15, -0.1) is 0 Å². The molecule has 0 atom stereocenters. The van der Waals surface area contributed by atoms with Crippen LogP contribution in [-0.2, 0) is 0 Å². The van der Waals surface area contributed by atoms with E-state index in [1.807, 2.05) is 18.5 Å².